The van der Waals surface area contributed by atoms with Crippen LogP contribution < -0.4 is 19.7 Å². The number of amides is 1. The highest BCUT2D eigenvalue weighted by Gasteiger charge is 2.22. The third-order valence-electron chi connectivity index (χ3n) is 4.44. The van der Waals surface area contributed by atoms with Crippen LogP contribution >= 0.6 is 0 Å². The molecule has 2 rings (SSSR count). The summed E-state index contributed by atoms with van der Waals surface area (Å²) in [7, 11) is 2.00. The largest absolute Gasteiger partial charge is 0.491 e. The van der Waals surface area contributed by atoms with Crippen LogP contribution in [0.3, 0.4) is 0 Å². The van der Waals surface area contributed by atoms with Crippen molar-refractivity contribution in [2.24, 2.45) is 0 Å². The Labute approximate surface area is 189 Å². The maximum atomic E-state index is 12.4. The zero-order valence-electron chi connectivity index (χ0n) is 19.7. The molecule has 0 aliphatic heterocycles. The Morgan fingerprint density at radius 1 is 1.12 bits per heavy atom. The summed E-state index contributed by atoms with van der Waals surface area (Å²) in [5, 5.41) is 2.70. The number of ether oxygens (including phenoxy) is 3. The molecule has 32 heavy (non-hydrogen) atoms. The van der Waals surface area contributed by atoms with E-state index in [1.807, 2.05) is 26.1 Å². The molecule has 0 aliphatic rings. The van der Waals surface area contributed by atoms with Gasteiger partial charge in [0.15, 0.2) is 5.75 Å². The van der Waals surface area contributed by atoms with Gasteiger partial charge in [0, 0.05) is 38.1 Å². The number of carbonyl (C=O) groups is 2. The highest BCUT2D eigenvalue weighted by atomic mass is 16.6. The number of pyridine rings is 1. The second-order valence-corrected chi connectivity index (χ2v) is 8.37. The molecule has 174 valence electrons. The van der Waals surface area contributed by atoms with Crippen LogP contribution in [0.15, 0.2) is 36.7 Å². The van der Waals surface area contributed by atoms with Crippen LogP contribution in [0.5, 0.6) is 11.5 Å². The third-order valence-corrected chi connectivity index (χ3v) is 4.44. The van der Waals surface area contributed by atoms with E-state index >= 15 is 0 Å². The first-order valence-corrected chi connectivity index (χ1v) is 10.7. The average molecular weight is 444 g/mol. The van der Waals surface area contributed by atoms with Gasteiger partial charge in [-0.15, -0.1) is 0 Å². The Morgan fingerprint density at radius 3 is 2.44 bits per heavy atom. The van der Waals surface area contributed by atoms with Crippen LogP contribution in [0.4, 0.5) is 16.2 Å². The highest BCUT2D eigenvalue weighted by Crippen LogP contribution is 2.38. The first kappa shape index (κ1) is 25.0. The van der Waals surface area contributed by atoms with E-state index in [2.05, 4.69) is 15.2 Å². The van der Waals surface area contributed by atoms with Crippen LogP contribution in [-0.2, 0) is 9.53 Å². The van der Waals surface area contributed by atoms with Gasteiger partial charge in [-0.05, 0) is 57.9 Å². The summed E-state index contributed by atoms with van der Waals surface area (Å²) >= 11 is 0. The minimum atomic E-state index is -0.674. The molecule has 0 saturated heterocycles. The number of hydrogen-bond acceptors (Lipinski definition) is 7. The third kappa shape index (κ3) is 7.76. The van der Waals surface area contributed by atoms with Crippen LogP contribution in [0.2, 0.25) is 0 Å². The second kappa shape index (κ2) is 11.4. The Kier molecular flexibility index (Phi) is 8.87. The van der Waals surface area contributed by atoms with Gasteiger partial charge in [-0.3, -0.25) is 15.1 Å². The number of nitrogens with one attached hydrogen (secondary N) is 1. The summed E-state index contributed by atoms with van der Waals surface area (Å²) in [6.45, 7) is 10.1. The van der Waals surface area contributed by atoms with Crippen molar-refractivity contribution in [3.05, 3.63) is 42.2 Å². The molecule has 1 N–H and O–H groups in total. The molecule has 1 amide bonds. The van der Waals surface area contributed by atoms with Gasteiger partial charge in [0.25, 0.3) is 0 Å². The molecule has 8 nitrogen and oxygen atoms in total. The quantitative estimate of drug-likeness (QED) is 0.333. The SMILES string of the molecule is CCC(=O)Oc1ccc(C)c(OCCCN(C)c2ccncc2)c1NC(=O)OC(C)(C)C. The highest BCUT2D eigenvalue weighted by molar-refractivity contribution is 5.91. The van der Waals surface area contributed by atoms with E-state index in [-0.39, 0.29) is 17.9 Å². The minimum Gasteiger partial charge on any atom is -0.491 e. The number of nitrogens with zero attached hydrogens (tertiary/aromatic N) is 2. The van der Waals surface area contributed by atoms with Gasteiger partial charge >= 0.3 is 12.1 Å². The number of benzene rings is 1. The van der Waals surface area contributed by atoms with Gasteiger partial charge < -0.3 is 19.1 Å². The van der Waals surface area contributed by atoms with Gasteiger partial charge in [-0.1, -0.05) is 13.0 Å². The van der Waals surface area contributed by atoms with Gasteiger partial charge in [-0.2, -0.15) is 0 Å². The predicted octanol–water partition coefficient (Wildman–Crippen LogP) is 4.96. The van der Waals surface area contributed by atoms with Crippen molar-refractivity contribution in [1.29, 1.82) is 0 Å². The fraction of sp³-hybridized carbons (Fsp3) is 0.458. The molecule has 0 unspecified atom stereocenters. The molecule has 0 aliphatic carbocycles. The number of aryl methyl sites for hydroxylation is 1. The van der Waals surface area contributed by atoms with Crippen LogP contribution in [0.1, 0.15) is 46.1 Å². The lowest BCUT2D eigenvalue weighted by molar-refractivity contribution is -0.133. The van der Waals surface area contributed by atoms with E-state index in [4.69, 9.17) is 14.2 Å². The average Bonchev–Trinajstić information content (AvgIpc) is 2.73. The summed E-state index contributed by atoms with van der Waals surface area (Å²) in [5.74, 6) is 0.257. The fourth-order valence-electron chi connectivity index (χ4n) is 2.86. The molecular weight excluding hydrogens is 410 g/mol. The lowest BCUT2D eigenvalue weighted by atomic mass is 10.1. The molecule has 1 heterocycles. The molecule has 0 saturated carbocycles. The van der Waals surface area contributed by atoms with Gasteiger partial charge in [0.05, 0.1) is 6.61 Å². The molecule has 0 spiro atoms. The number of carbonyl (C=O) groups excluding carboxylic acids is 2. The van der Waals surface area contributed by atoms with E-state index in [0.717, 1.165) is 24.2 Å². The Balaban J connectivity index is 2.15. The van der Waals surface area contributed by atoms with Crippen molar-refractivity contribution < 1.29 is 23.8 Å². The molecule has 1 aromatic heterocycles. The van der Waals surface area contributed by atoms with Crippen molar-refractivity contribution >= 4 is 23.4 Å². The van der Waals surface area contributed by atoms with E-state index in [9.17, 15) is 9.59 Å². The fourth-order valence-corrected chi connectivity index (χ4v) is 2.86. The normalized spacial score (nSPS) is 10.9. The number of esters is 1. The second-order valence-electron chi connectivity index (χ2n) is 8.37. The molecular formula is C24H33N3O5. The standard InChI is InChI=1S/C24H33N3O5/c1-7-20(28)31-19-10-9-17(2)22(21(19)26-23(29)32-24(3,4)5)30-16-8-15-27(6)18-11-13-25-14-12-18/h9-14H,7-8,15-16H2,1-6H3,(H,26,29). The Morgan fingerprint density at radius 2 is 1.81 bits per heavy atom. The summed E-state index contributed by atoms with van der Waals surface area (Å²) in [6.07, 6.45) is 3.80. The van der Waals surface area contributed by atoms with E-state index in [1.165, 1.54) is 0 Å². The number of hydrogen-bond donors (Lipinski definition) is 1. The van der Waals surface area contributed by atoms with Crippen molar-refractivity contribution in [3.63, 3.8) is 0 Å². The van der Waals surface area contributed by atoms with Gasteiger partial charge in [-0.25, -0.2) is 4.79 Å². The van der Waals surface area contributed by atoms with E-state index in [0.29, 0.717) is 12.4 Å². The smallest absolute Gasteiger partial charge is 0.412 e. The molecule has 0 radical (unpaired) electrons. The van der Waals surface area contributed by atoms with Gasteiger partial charge in [0.1, 0.15) is 17.0 Å². The molecule has 0 fully saturated rings. The van der Waals surface area contributed by atoms with Crippen LogP contribution in [-0.4, -0.2) is 42.8 Å². The Bertz CT molecular complexity index is 910. The van der Waals surface area contributed by atoms with Crippen molar-refractivity contribution in [1.82, 2.24) is 4.98 Å². The number of rotatable bonds is 9. The summed E-state index contributed by atoms with van der Waals surface area (Å²) in [4.78, 5) is 30.5. The molecule has 8 heteroatoms. The molecule has 1 aromatic carbocycles. The monoisotopic (exact) mass is 443 g/mol. The van der Waals surface area contributed by atoms with E-state index in [1.54, 1.807) is 52.2 Å². The lowest BCUT2D eigenvalue weighted by Crippen LogP contribution is -2.28. The van der Waals surface area contributed by atoms with Crippen molar-refractivity contribution in [2.45, 2.75) is 53.1 Å². The molecule has 2 aromatic rings. The number of anilines is 2. The van der Waals surface area contributed by atoms with Crippen LogP contribution in [0, 0.1) is 6.92 Å². The van der Waals surface area contributed by atoms with E-state index < -0.39 is 17.7 Å². The summed E-state index contributed by atoms with van der Waals surface area (Å²) < 4.78 is 16.8. The zero-order chi connectivity index (χ0) is 23.7. The van der Waals surface area contributed by atoms with Crippen molar-refractivity contribution in [3.8, 4) is 11.5 Å². The first-order valence-electron chi connectivity index (χ1n) is 10.7. The molecule has 0 bridgehead atoms. The summed E-state index contributed by atoms with van der Waals surface area (Å²) in [5.41, 5.74) is 1.47. The predicted molar refractivity (Wildman–Crippen MR) is 125 cm³/mol. The maximum Gasteiger partial charge on any atom is 0.412 e. The Hall–Kier alpha value is -3.29. The lowest BCUT2D eigenvalue weighted by Gasteiger charge is -2.23. The van der Waals surface area contributed by atoms with Crippen molar-refractivity contribution in [2.75, 3.05) is 30.4 Å². The minimum absolute atomic E-state index is 0.206. The summed E-state index contributed by atoms with van der Waals surface area (Å²) in [6, 6.07) is 7.31. The molecule has 0 atom stereocenters. The number of aromatic nitrogens is 1. The zero-order valence-corrected chi connectivity index (χ0v) is 19.7. The van der Waals surface area contributed by atoms with Gasteiger partial charge in [0.2, 0.25) is 0 Å². The first-order chi connectivity index (χ1) is 15.1. The van der Waals surface area contributed by atoms with Crippen LogP contribution in [0.25, 0.3) is 0 Å². The topological polar surface area (TPSA) is 90.0 Å². The maximum absolute atomic E-state index is 12.4.